The summed E-state index contributed by atoms with van der Waals surface area (Å²) in [5, 5.41) is 1.08. The van der Waals surface area contributed by atoms with Gasteiger partial charge in [0.25, 0.3) is 5.91 Å². The highest BCUT2D eigenvalue weighted by molar-refractivity contribution is 8.00. The Labute approximate surface area is 146 Å². The molecule has 0 fully saturated rings. The standard InChI is InChI=1S/C14H12Cl2N2O2S2/c1-8-2-5-11(22-8)14(20)18-17-13(19)7-21-12-6-9(15)3-4-10(12)16/h2-6H,7H2,1H3,(H,17,19)(H,18,20). The van der Waals surface area contributed by atoms with E-state index in [4.69, 9.17) is 23.2 Å². The largest absolute Gasteiger partial charge is 0.279 e. The van der Waals surface area contributed by atoms with Gasteiger partial charge in [0.05, 0.1) is 15.7 Å². The summed E-state index contributed by atoms with van der Waals surface area (Å²) in [4.78, 5) is 25.8. The Bertz CT molecular complexity index is 704. The van der Waals surface area contributed by atoms with E-state index in [-0.39, 0.29) is 17.6 Å². The van der Waals surface area contributed by atoms with Gasteiger partial charge in [-0.15, -0.1) is 23.1 Å². The predicted octanol–water partition coefficient (Wildman–Crippen LogP) is 3.92. The van der Waals surface area contributed by atoms with Gasteiger partial charge in [0, 0.05) is 14.8 Å². The summed E-state index contributed by atoms with van der Waals surface area (Å²) < 4.78 is 0. The van der Waals surface area contributed by atoms with Gasteiger partial charge in [-0.05, 0) is 37.3 Å². The average molecular weight is 375 g/mol. The SMILES string of the molecule is Cc1ccc(C(=O)NNC(=O)CSc2cc(Cl)ccc2Cl)s1. The first-order valence-corrected chi connectivity index (χ1v) is 8.75. The minimum Gasteiger partial charge on any atom is -0.272 e. The van der Waals surface area contributed by atoms with Crippen LogP contribution in [0.15, 0.2) is 35.2 Å². The van der Waals surface area contributed by atoms with Crippen molar-refractivity contribution in [2.45, 2.75) is 11.8 Å². The fraction of sp³-hybridized carbons (Fsp3) is 0.143. The van der Waals surface area contributed by atoms with E-state index in [2.05, 4.69) is 10.9 Å². The maximum Gasteiger partial charge on any atom is 0.279 e. The summed E-state index contributed by atoms with van der Waals surface area (Å²) in [5.41, 5.74) is 4.74. The Morgan fingerprint density at radius 1 is 1.18 bits per heavy atom. The third kappa shape index (κ3) is 4.91. The van der Waals surface area contributed by atoms with Crippen LogP contribution in [0.5, 0.6) is 0 Å². The number of aryl methyl sites for hydroxylation is 1. The molecule has 22 heavy (non-hydrogen) atoms. The minimum atomic E-state index is -0.336. The van der Waals surface area contributed by atoms with Crippen molar-refractivity contribution >= 4 is 58.1 Å². The van der Waals surface area contributed by atoms with Crippen molar-refractivity contribution in [1.82, 2.24) is 10.9 Å². The maximum atomic E-state index is 11.8. The molecular formula is C14H12Cl2N2O2S2. The number of amides is 2. The molecule has 0 aliphatic rings. The zero-order valence-electron chi connectivity index (χ0n) is 11.5. The molecule has 2 rings (SSSR count). The second-order valence-electron chi connectivity index (χ2n) is 4.28. The van der Waals surface area contributed by atoms with Crippen molar-refractivity contribution in [3.63, 3.8) is 0 Å². The second kappa shape index (κ2) is 7.87. The van der Waals surface area contributed by atoms with E-state index < -0.39 is 0 Å². The number of hydrogen-bond donors (Lipinski definition) is 2. The molecule has 0 bridgehead atoms. The summed E-state index contributed by atoms with van der Waals surface area (Å²) in [6.07, 6.45) is 0. The highest BCUT2D eigenvalue weighted by Crippen LogP contribution is 2.29. The topological polar surface area (TPSA) is 58.2 Å². The molecule has 1 aromatic heterocycles. The van der Waals surface area contributed by atoms with E-state index in [1.165, 1.54) is 23.1 Å². The van der Waals surface area contributed by atoms with Crippen LogP contribution in [0.1, 0.15) is 14.5 Å². The monoisotopic (exact) mass is 374 g/mol. The van der Waals surface area contributed by atoms with E-state index in [0.717, 1.165) is 4.88 Å². The molecule has 0 aliphatic carbocycles. The van der Waals surface area contributed by atoms with Crippen LogP contribution >= 0.6 is 46.3 Å². The van der Waals surface area contributed by atoms with Crippen molar-refractivity contribution in [2.24, 2.45) is 0 Å². The van der Waals surface area contributed by atoms with Crippen LogP contribution in [-0.4, -0.2) is 17.6 Å². The van der Waals surface area contributed by atoms with E-state index in [1.807, 2.05) is 13.0 Å². The summed E-state index contributed by atoms with van der Waals surface area (Å²) in [7, 11) is 0. The van der Waals surface area contributed by atoms with Crippen LogP contribution < -0.4 is 10.9 Å². The van der Waals surface area contributed by atoms with Crippen LogP contribution in [0, 0.1) is 6.92 Å². The third-order valence-corrected chi connectivity index (χ3v) is 5.26. The Hall–Kier alpha value is -1.21. The number of rotatable bonds is 4. The van der Waals surface area contributed by atoms with Gasteiger partial charge >= 0.3 is 0 Å². The quantitative estimate of drug-likeness (QED) is 0.629. The van der Waals surface area contributed by atoms with Gasteiger partial charge in [-0.3, -0.25) is 20.4 Å². The van der Waals surface area contributed by atoms with Crippen LogP contribution in [0.3, 0.4) is 0 Å². The molecule has 116 valence electrons. The Morgan fingerprint density at radius 3 is 2.64 bits per heavy atom. The van der Waals surface area contributed by atoms with Crippen molar-refractivity contribution in [2.75, 3.05) is 5.75 Å². The number of carbonyl (C=O) groups excluding carboxylic acids is 2. The van der Waals surface area contributed by atoms with Crippen LogP contribution in [0.25, 0.3) is 0 Å². The number of hydrazine groups is 1. The van der Waals surface area contributed by atoms with Gasteiger partial charge in [-0.2, -0.15) is 0 Å². The number of halogens is 2. The fourth-order valence-corrected chi connectivity index (χ4v) is 3.57. The third-order valence-electron chi connectivity index (χ3n) is 2.53. The smallest absolute Gasteiger partial charge is 0.272 e. The molecule has 2 N–H and O–H groups in total. The summed E-state index contributed by atoms with van der Waals surface area (Å²) >= 11 is 14.5. The molecule has 1 heterocycles. The lowest BCUT2D eigenvalue weighted by molar-refractivity contribution is -0.119. The van der Waals surface area contributed by atoms with Crippen molar-refractivity contribution in [3.8, 4) is 0 Å². The average Bonchev–Trinajstić information content (AvgIpc) is 2.92. The van der Waals surface area contributed by atoms with Gasteiger partial charge in [0.2, 0.25) is 5.91 Å². The van der Waals surface area contributed by atoms with Gasteiger partial charge < -0.3 is 0 Å². The van der Waals surface area contributed by atoms with Crippen molar-refractivity contribution in [1.29, 1.82) is 0 Å². The molecule has 2 aromatic rings. The molecule has 0 radical (unpaired) electrons. The Kier molecular flexibility index (Phi) is 6.14. The minimum absolute atomic E-state index is 0.115. The van der Waals surface area contributed by atoms with Gasteiger partial charge in [0.15, 0.2) is 0 Å². The first-order valence-electron chi connectivity index (χ1n) is 6.19. The maximum absolute atomic E-state index is 11.8. The molecule has 0 spiro atoms. The summed E-state index contributed by atoms with van der Waals surface area (Å²) in [6.45, 7) is 1.91. The normalized spacial score (nSPS) is 10.3. The lowest BCUT2D eigenvalue weighted by Gasteiger charge is -2.07. The zero-order valence-corrected chi connectivity index (χ0v) is 14.6. The zero-order chi connectivity index (χ0) is 16.1. The highest BCUT2D eigenvalue weighted by Gasteiger charge is 2.10. The van der Waals surface area contributed by atoms with Crippen molar-refractivity contribution < 1.29 is 9.59 Å². The summed E-state index contributed by atoms with van der Waals surface area (Å²) in [5.74, 6) is -0.552. The molecular weight excluding hydrogens is 363 g/mol. The molecule has 4 nitrogen and oxygen atoms in total. The molecule has 8 heteroatoms. The van der Waals surface area contributed by atoms with E-state index in [1.54, 1.807) is 24.3 Å². The van der Waals surface area contributed by atoms with Gasteiger partial charge in [-0.1, -0.05) is 23.2 Å². The first-order chi connectivity index (χ1) is 10.5. The Balaban J connectivity index is 1.81. The van der Waals surface area contributed by atoms with E-state index >= 15 is 0 Å². The predicted molar refractivity (Wildman–Crippen MR) is 91.9 cm³/mol. The molecule has 0 atom stereocenters. The van der Waals surface area contributed by atoms with E-state index in [0.29, 0.717) is 19.8 Å². The van der Waals surface area contributed by atoms with Crippen molar-refractivity contribution in [3.05, 3.63) is 50.1 Å². The Morgan fingerprint density at radius 2 is 1.95 bits per heavy atom. The molecule has 0 unspecified atom stereocenters. The number of nitrogens with one attached hydrogen (secondary N) is 2. The summed E-state index contributed by atoms with van der Waals surface area (Å²) in [6, 6.07) is 8.59. The molecule has 0 aliphatic heterocycles. The number of thioether (sulfide) groups is 1. The van der Waals surface area contributed by atoms with E-state index in [9.17, 15) is 9.59 Å². The molecule has 2 amide bonds. The number of thiophene rings is 1. The van der Waals surface area contributed by atoms with Crippen LogP contribution in [0.2, 0.25) is 10.0 Å². The van der Waals surface area contributed by atoms with Gasteiger partial charge in [0.1, 0.15) is 0 Å². The van der Waals surface area contributed by atoms with Gasteiger partial charge in [-0.25, -0.2) is 0 Å². The highest BCUT2D eigenvalue weighted by atomic mass is 35.5. The fourth-order valence-electron chi connectivity index (χ4n) is 1.51. The molecule has 1 aromatic carbocycles. The lowest BCUT2D eigenvalue weighted by atomic mass is 10.4. The van der Waals surface area contributed by atoms with Crippen LogP contribution in [-0.2, 0) is 4.79 Å². The number of hydrogen-bond acceptors (Lipinski definition) is 4. The molecule has 0 saturated heterocycles. The van der Waals surface area contributed by atoms with Crippen LogP contribution in [0.4, 0.5) is 0 Å². The first kappa shape index (κ1) is 17.1. The second-order valence-corrected chi connectivity index (χ2v) is 7.42. The molecule has 0 saturated carbocycles. The number of carbonyl (C=O) groups is 2. The lowest BCUT2D eigenvalue weighted by Crippen LogP contribution is -2.42. The number of benzene rings is 1.